The molecule has 1 aromatic heterocycles. The zero-order valence-electron chi connectivity index (χ0n) is 12.6. The van der Waals surface area contributed by atoms with E-state index in [0.717, 1.165) is 36.1 Å². The molecule has 21 heavy (non-hydrogen) atoms. The molecule has 1 amide bonds. The number of nitrogens with two attached hydrogens (primary N) is 1. The minimum Gasteiger partial charge on any atom is -0.391 e. The quantitative estimate of drug-likeness (QED) is 0.818. The van der Waals surface area contributed by atoms with E-state index in [2.05, 4.69) is 11.8 Å². The van der Waals surface area contributed by atoms with E-state index >= 15 is 0 Å². The van der Waals surface area contributed by atoms with Crippen molar-refractivity contribution < 1.29 is 9.90 Å². The van der Waals surface area contributed by atoms with Crippen molar-refractivity contribution in [1.29, 1.82) is 0 Å². The lowest BCUT2D eigenvalue weighted by molar-refractivity contribution is 0.0271. The number of hydrogen-bond donors (Lipinski definition) is 2. The van der Waals surface area contributed by atoms with Crippen LogP contribution in [0.25, 0.3) is 0 Å². The number of thiophene rings is 1. The van der Waals surface area contributed by atoms with Gasteiger partial charge in [0.15, 0.2) is 0 Å². The van der Waals surface area contributed by atoms with E-state index in [0.29, 0.717) is 11.4 Å². The first-order valence-electron chi connectivity index (χ1n) is 7.29. The van der Waals surface area contributed by atoms with Crippen LogP contribution in [0.15, 0.2) is 6.07 Å². The van der Waals surface area contributed by atoms with Crippen molar-refractivity contribution in [2.75, 3.05) is 13.6 Å². The maximum absolute atomic E-state index is 12.6. The number of amides is 1. The maximum Gasteiger partial charge on any atom is 0.264 e. The van der Waals surface area contributed by atoms with Crippen LogP contribution in [0.4, 0.5) is 0 Å². The molecule has 1 fully saturated rings. The van der Waals surface area contributed by atoms with Crippen LogP contribution in [0.5, 0.6) is 0 Å². The van der Waals surface area contributed by atoms with Crippen LogP contribution in [0.3, 0.4) is 0 Å². The van der Waals surface area contributed by atoms with Gasteiger partial charge in [0.1, 0.15) is 0 Å². The molecule has 1 aliphatic carbocycles. The molecular formula is C16H22N2O2S. The van der Waals surface area contributed by atoms with Gasteiger partial charge in [0, 0.05) is 7.05 Å². The summed E-state index contributed by atoms with van der Waals surface area (Å²) < 4.78 is 0. The molecule has 1 aromatic rings. The summed E-state index contributed by atoms with van der Waals surface area (Å²) in [4.78, 5) is 15.8. The molecule has 0 aliphatic heterocycles. The molecular weight excluding hydrogens is 284 g/mol. The molecule has 2 atom stereocenters. The van der Waals surface area contributed by atoms with E-state index in [-0.39, 0.29) is 11.9 Å². The molecule has 0 spiro atoms. The normalized spacial score (nSPS) is 21.5. The summed E-state index contributed by atoms with van der Waals surface area (Å²) in [6, 6.07) is 1.80. The second-order valence-electron chi connectivity index (χ2n) is 5.46. The monoisotopic (exact) mass is 306 g/mol. The minimum absolute atomic E-state index is 0.0325. The molecule has 0 bridgehead atoms. The van der Waals surface area contributed by atoms with Gasteiger partial charge in [-0.25, -0.2) is 0 Å². The zero-order chi connectivity index (χ0) is 15.4. The smallest absolute Gasteiger partial charge is 0.264 e. The van der Waals surface area contributed by atoms with E-state index in [1.165, 1.54) is 11.3 Å². The summed E-state index contributed by atoms with van der Waals surface area (Å²) in [6.07, 6.45) is 3.34. The van der Waals surface area contributed by atoms with Crippen molar-refractivity contribution in [3.8, 4) is 11.8 Å². The van der Waals surface area contributed by atoms with E-state index in [1.54, 1.807) is 11.9 Å². The highest BCUT2D eigenvalue weighted by Crippen LogP contribution is 2.27. The Morgan fingerprint density at radius 2 is 2.24 bits per heavy atom. The Kier molecular flexibility index (Phi) is 5.40. The van der Waals surface area contributed by atoms with Crippen molar-refractivity contribution >= 4 is 17.2 Å². The summed E-state index contributed by atoms with van der Waals surface area (Å²) in [7, 11) is 1.78. The predicted molar refractivity (Wildman–Crippen MR) is 85.3 cm³/mol. The van der Waals surface area contributed by atoms with Crippen molar-refractivity contribution in [2.45, 2.75) is 44.8 Å². The summed E-state index contributed by atoms with van der Waals surface area (Å²) in [5, 5.41) is 10.1. The Hall–Kier alpha value is -1.35. The van der Waals surface area contributed by atoms with Crippen LogP contribution in [0.1, 0.15) is 45.8 Å². The number of hydrogen-bond acceptors (Lipinski definition) is 4. The Bertz CT molecular complexity index is 571. The van der Waals surface area contributed by atoms with Gasteiger partial charge < -0.3 is 15.7 Å². The van der Waals surface area contributed by atoms with Crippen molar-refractivity contribution in [3.63, 3.8) is 0 Å². The predicted octanol–water partition coefficient (Wildman–Crippen LogP) is 1.74. The van der Waals surface area contributed by atoms with Gasteiger partial charge in [0.25, 0.3) is 5.91 Å². The topological polar surface area (TPSA) is 66.6 Å². The highest BCUT2D eigenvalue weighted by atomic mass is 32.1. The highest BCUT2D eigenvalue weighted by molar-refractivity contribution is 7.14. The molecule has 2 unspecified atom stereocenters. The van der Waals surface area contributed by atoms with Crippen molar-refractivity contribution in [1.82, 2.24) is 4.90 Å². The Balaban J connectivity index is 2.15. The molecule has 4 nitrogen and oxygen atoms in total. The van der Waals surface area contributed by atoms with Gasteiger partial charge >= 0.3 is 0 Å². The van der Waals surface area contributed by atoms with Crippen LogP contribution in [0, 0.1) is 18.8 Å². The summed E-state index contributed by atoms with van der Waals surface area (Å²) in [6.45, 7) is 2.26. The van der Waals surface area contributed by atoms with E-state index in [1.807, 2.05) is 13.0 Å². The molecule has 0 aromatic carbocycles. The second-order valence-corrected chi connectivity index (χ2v) is 6.52. The van der Waals surface area contributed by atoms with E-state index in [4.69, 9.17) is 5.73 Å². The molecule has 2 rings (SSSR count). The fourth-order valence-corrected chi connectivity index (χ4v) is 3.74. The lowest BCUT2D eigenvalue weighted by atomic mass is 9.91. The fraction of sp³-hybridized carbons (Fsp3) is 0.562. The maximum atomic E-state index is 12.6. The number of aliphatic hydroxyl groups excluding tert-OH is 1. The lowest BCUT2D eigenvalue weighted by Gasteiger charge is -2.34. The molecule has 3 N–H and O–H groups in total. The van der Waals surface area contributed by atoms with Crippen LogP contribution < -0.4 is 5.73 Å². The first-order chi connectivity index (χ1) is 10.0. The van der Waals surface area contributed by atoms with Gasteiger partial charge in [-0.05, 0) is 31.4 Å². The van der Waals surface area contributed by atoms with Crippen LogP contribution in [-0.4, -0.2) is 41.7 Å². The first-order valence-corrected chi connectivity index (χ1v) is 8.11. The van der Waals surface area contributed by atoms with Gasteiger partial charge in [0.05, 0.1) is 28.4 Å². The zero-order valence-corrected chi connectivity index (χ0v) is 13.4. The average molecular weight is 306 g/mol. The van der Waals surface area contributed by atoms with Crippen LogP contribution in [-0.2, 0) is 0 Å². The highest BCUT2D eigenvalue weighted by Gasteiger charge is 2.30. The number of likely N-dealkylation sites (N-methyl/N-ethyl adjacent to an activating group) is 1. The second kappa shape index (κ2) is 7.08. The Morgan fingerprint density at radius 1 is 1.52 bits per heavy atom. The van der Waals surface area contributed by atoms with Crippen molar-refractivity contribution in [2.24, 2.45) is 5.73 Å². The number of rotatable bonds is 2. The number of carbonyl (C=O) groups is 1. The van der Waals surface area contributed by atoms with E-state index in [9.17, 15) is 9.90 Å². The number of nitrogens with zero attached hydrogens (tertiary/aromatic N) is 1. The van der Waals surface area contributed by atoms with Crippen LogP contribution in [0.2, 0.25) is 0 Å². The molecule has 1 heterocycles. The van der Waals surface area contributed by atoms with Crippen LogP contribution >= 0.6 is 11.3 Å². The SMILES string of the molecule is Cc1cc(C(=O)N(C)C2CCCCC2O)sc1C#CCN. The third-order valence-electron chi connectivity index (χ3n) is 3.94. The summed E-state index contributed by atoms with van der Waals surface area (Å²) in [5.74, 6) is 5.79. The molecule has 5 heteroatoms. The van der Waals surface area contributed by atoms with Gasteiger partial charge in [0.2, 0.25) is 0 Å². The van der Waals surface area contributed by atoms with E-state index < -0.39 is 6.10 Å². The van der Waals surface area contributed by atoms with Gasteiger partial charge in [-0.2, -0.15) is 0 Å². The van der Waals surface area contributed by atoms with Gasteiger partial charge in [-0.1, -0.05) is 24.7 Å². The Labute approximate surface area is 129 Å². The third kappa shape index (κ3) is 3.65. The molecule has 0 radical (unpaired) electrons. The number of aryl methyl sites for hydroxylation is 1. The van der Waals surface area contributed by atoms with Crippen molar-refractivity contribution in [3.05, 3.63) is 21.4 Å². The molecule has 114 valence electrons. The fourth-order valence-electron chi connectivity index (χ4n) is 2.71. The Morgan fingerprint density at radius 3 is 2.90 bits per heavy atom. The molecule has 1 saturated carbocycles. The lowest BCUT2D eigenvalue weighted by Crippen LogP contribution is -2.46. The largest absolute Gasteiger partial charge is 0.391 e. The number of carbonyl (C=O) groups excluding carboxylic acids is 1. The van der Waals surface area contributed by atoms with Gasteiger partial charge in [-0.3, -0.25) is 4.79 Å². The molecule has 0 saturated heterocycles. The third-order valence-corrected chi connectivity index (χ3v) is 5.08. The number of aliphatic hydroxyl groups is 1. The van der Waals surface area contributed by atoms with Gasteiger partial charge in [-0.15, -0.1) is 11.3 Å². The summed E-state index contributed by atoms with van der Waals surface area (Å²) >= 11 is 1.40. The first kappa shape index (κ1) is 16.0. The molecule has 1 aliphatic rings. The average Bonchev–Trinajstić information content (AvgIpc) is 2.85. The minimum atomic E-state index is -0.412. The standard InChI is InChI=1S/C16H22N2O2S/c1-11-10-15(21-14(11)8-5-9-17)16(20)18(2)12-6-3-4-7-13(12)19/h10,12-13,19H,3-4,6-7,9,17H2,1-2H3. The summed E-state index contributed by atoms with van der Waals surface area (Å²) in [5.41, 5.74) is 6.38.